The highest BCUT2D eigenvalue weighted by atomic mass is 16.4. The van der Waals surface area contributed by atoms with E-state index in [-0.39, 0.29) is 18.6 Å². The standard InChI is InChI=1S/C13H20N4O3/c1-2-16-8-10(7-14-16)15-13(20)17(9-12(18)19)11-5-3-4-6-11/h7-8,11H,2-6,9H2,1H3,(H,15,20)(H,18,19). The van der Waals surface area contributed by atoms with E-state index in [2.05, 4.69) is 10.4 Å². The first kappa shape index (κ1) is 14.4. The molecule has 1 aliphatic carbocycles. The largest absolute Gasteiger partial charge is 0.480 e. The maximum absolute atomic E-state index is 12.2. The maximum atomic E-state index is 12.2. The van der Waals surface area contributed by atoms with Crippen molar-refractivity contribution in [2.75, 3.05) is 11.9 Å². The lowest BCUT2D eigenvalue weighted by atomic mass is 10.2. The number of carbonyl (C=O) groups excluding carboxylic acids is 1. The lowest BCUT2D eigenvalue weighted by Gasteiger charge is -2.27. The second-order valence-corrected chi connectivity index (χ2v) is 4.97. The minimum Gasteiger partial charge on any atom is -0.480 e. The van der Waals surface area contributed by atoms with E-state index in [4.69, 9.17) is 5.11 Å². The van der Waals surface area contributed by atoms with Crippen LogP contribution < -0.4 is 5.32 Å². The molecule has 1 aliphatic rings. The number of aliphatic carboxylic acids is 1. The number of carbonyl (C=O) groups is 2. The molecule has 7 nitrogen and oxygen atoms in total. The molecule has 0 aliphatic heterocycles. The molecule has 1 fully saturated rings. The summed E-state index contributed by atoms with van der Waals surface area (Å²) >= 11 is 0. The summed E-state index contributed by atoms with van der Waals surface area (Å²) in [7, 11) is 0. The predicted molar refractivity (Wildman–Crippen MR) is 73.5 cm³/mol. The Balaban J connectivity index is 2.03. The van der Waals surface area contributed by atoms with Gasteiger partial charge >= 0.3 is 12.0 Å². The first-order chi connectivity index (χ1) is 9.60. The molecule has 20 heavy (non-hydrogen) atoms. The number of nitrogens with zero attached hydrogens (tertiary/aromatic N) is 3. The molecule has 2 amide bonds. The molecule has 0 bridgehead atoms. The van der Waals surface area contributed by atoms with Gasteiger partial charge in [-0.05, 0) is 19.8 Å². The zero-order chi connectivity index (χ0) is 14.5. The number of carboxylic acids is 1. The molecule has 2 N–H and O–H groups in total. The molecule has 0 saturated heterocycles. The zero-order valence-electron chi connectivity index (χ0n) is 11.6. The van der Waals surface area contributed by atoms with Gasteiger partial charge < -0.3 is 15.3 Å². The van der Waals surface area contributed by atoms with Crippen molar-refractivity contribution in [3.63, 3.8) is 0 Å². The number of aryl methyl sites for hydroxylation is 1. The number of hydrogen-bond donors (Lipinski definition) is 2. The highest BCUT2D eigenvalue weighted by Crippen LogP contribution is 2.24. The van der Waals surface area contributed by atoms with Gasteiger partial charge in [0.2, 0.25) is 0 Å². The molecule has 0 aromatic carbocycles. The summed E-state index contributed by atoms with van der Waals surface area (Å²) in [5.74, 6) is -0.990. The molecule has 0 spiro atoms. The van der Waals surface area contributed by atoms with Crippen LogP contribution in [0.4, 0.5) is 10.5 Å². The number of aromatic nitrogens is 2. The summed E-state index contributed by atoms with van der Waals surface area (Å²) in [4.78, 5) is 24.6. The third-order valence-electron chi connectivity index (χ3n) is 3.54. The van der Waals surface area contributed by atoms with Gasteiger partial charge in [0, 0.05) is 18.8 Å². The summed E-state index contributed by atoms with van der Waals surface area (Å²) in [5.41, 5.74) is 0.588. The van der Waals surface area contributed by atoms with Crippen molar-refractivity contribution >= 4 is 17.7 Å². The van der Waals surface area contributed by atoms with Crippen LogP contribution in [0.3, 0.4) is 0 Å². The highest BCUT2D eigenvalue weighted by Gasteiger charge is 2.28. The Hall–Kier alpha value is -2.05. The van der Waals surface area contributed by atoms with Crippen LogP contribution in [-0.4, -0.2) is 44.4 Å². The Labute approximate surface area is 117 Å². The normalized spacial score (nSPS) is 15.2. The van der Waals surface area contributed by atoms with Crippen LogP contribution >= 0.6 is 0 Å². The van der Waals surface area contributed by atoms with Crippen molar-refractivity contribution < 1.29 is 14.7 Å². The van der Waals surface area contributed by atoms with Gasteiger partial charge in [0.15, 0.2) is 0 Å². The average Bonchev–Trinajstić information content (AvgIpc) is 3.06. The number of urea groups is 1. The molecule has 1 aromatic heterocycles. The van der Waals surface area contributed by atoms with Crippen molar-refractivity contribution in [1.82, 2.24) is 14.7 Å². The van der Waals surface area contributed by atoms with E-state index < -0.39 is 5.97 Å². The molecule has 1 heterocycles. The molecule has 110 valence electrons. The Bertz CT molecular complexity index is 480. The topological polar surface area (TPSA) is 87.5 Å². The third-order valence-corrected chi connectivity index (χ3v) is 3.54. The van der Waals surface area contributed by atoms with E-state index in [1.807, 2.05) is 6.92 Å². The number of anilines is 1. The van der Waals surface area contributed by atoms with Gasteiger partial charge in [-0.1, -0.05) is 12.8 Å². The molecule has 2 rings (SSSR count). The highest BCUT2D eigenvalue weighted by molar-refractivity contribution is 5.91. The van der Waals surface area contributed by atoms with Gasteiger partial charge in [0.05, 0.1) is 11.9 Å². The van der Waals surface area contributed by atoms with Crippen LogP contribution in [0.1, 0.15) is 32.6 Å². The van der Waals surface area contributed by atoms with Gasteiger partial charge in [-0.25, -0.2) is 4.79 Å². The fourth-order valence-corrected chi connectivity index (χ4v) is 2.52. The molecule has 0 radical (unpaired) electrons. The predicted octanol–water partition coefficient (Wildman–Crippen LogP) is 1.76. The van der Waals surface area contributed by atoms with E-state index in [0.29, 0.717) is 5.69 Å². The van der Waals surface area contributed by atoms with Crippen molar-refractivity contribution in [2.45, 2.75) is 45.2 Å². The first-order valence-corrected chi connectivity index (χ1v) is 6.92. The van der Waals surface area contributed by atoms with Gasteiger partial charge in [-0.3, -0.25) is 9.48 Å². The Kier molecular flexibility index (Phi) is 4.60. The average molecular weight is 280 g/mol. The molecule has 1 saturated carbocycles. The first-order valence-electron chi connectivity index (χ1n) is 6.92. The van der Waals surface area contributed by atoms with Crippen molar-refractivity contribution in [1.29, 1.82) is 0 Å². The van der Waals surface area contributed by atoms with Gasteiger partial charge in [-0.2, -0.15) is 5.10 Å². The smallest absolute Gasteiger partial charge is 0.323 e. The number of nitrogens with one attached hydrogen (secondary N) is 1. The second kappa shape index (κ2) is 6.40. The quantitative estimate of drug-likeness (QED) is 0.860. The Morgan fingerprint density at radius 1 is 1.50 bits per heavy atom. The van der Waals surface area contributed by atoms with Crippen LogP contribution in [0.25, 0.3) is 0 Å². The number of hydrogen-bond acceptors (Lipinski definition) is 3. The summed E-state index contributed by atoms with van der Waals surface area (Å²) < 4.78 is 1.70. The zero-order valence-corrected chi connectivity index (χ0v) is 11.6. The fourth-order valence-electron chi connectivity index (χ4n) is 2.52. The summed E-state index contributed by atoms with van der Waals surface area (Å²) in [5, 5.41) is 15.8. The van der Waals surface area contributed by atoms with E-state index >= 15 is 0 Å². The fraction of sp³-hybridized carbons (Fsp3) is 0.615. The molecule has 7 heteroatoms. The van der Waals surface area contributed by atoms with Crippen molar-refractivity contribution in [3.8, 4) is 0 Å². The SMILES string of the molecule is CCn1cc(NC(=O)N(CC(=O)O)C2CCCC2)cn1. The molecule has 0 atom stereocenters. The summed E-state index contributed by atoms with van der Waals surface area (Å²) in [6.07, 6.45) is 7.12. The van der Waals surface area contributed by atoms with E-state index in [0.717, 1.165) is 32.2 Å². The minimum atomic E-state index is -0.990. The Morgan fingerprint density at radius 2 is 2.20 bits per heavy atom. The molecule has 1 aromatic rings. The van der Waals surface area contributed by atoms with Gasteiger partial charge in [0.25, 0.3) is 0 Å². The number of amides is 2. The van der Waals surface area contributed by atoms with Crippen LogP contribution in [0, 0.1) is 0 Å². The van der Waals surface area contributed by atoms with Crippen LogP contribution in [0.2, 0.25) is 0 Å². The van der Waals surface area contributed by atoms with E-state index in [1.54, 1.807) is 17.1 Å². The number of carboxylic acid groups (broad SMARTS) is 1. The van der Waals surface area contributed by atoms with E-state index in [1.165, 1.54) is 4.90 Å². The van der Waals surface area contributed by atoms with E-state index in [9.17, 15) is 9.59 Å². The lowest BCUT2D eigenvalue weighted by molar-refractivity contribution is -0.138. The number of rotatable bonds is 5. The molecular formula is C13H20N4O3. The summed E-state index contributed by atoms with van der Waals surface area (Å²) in [6, 6.07) is -0.345. The van der Waals surface area contributed by atoms with Gasteiger partial charge in [0.1, 0.15) is 6.54 Å². The Morgan fingerprint density at radius 3 is 2.75 bits per heavy atom. The maximum Gasteiger partial charge on any atom is 0.323 e. The summed E-state index contributed by atoms with van der Waals surface area (Å²) in [6.45, 7) is 2.41. The minimum absolute atomic E-state index is 0.0207. The van der Waals surface area contributed by atoms with Crippen molar-refractivity contribution in [2.24, 2.45) is 0 Å². The van der Waals surface area contributed by atoms with Crippen LogP contribution in [-0.2, 0) is 11.3 Å². The monoisotopic (exact) mass is 280 g/mol. The van der Waals surface area contributed by atoms with Gasteiger partial charge in [-0.15, -0.1) is 0 Å². The van der Waals surface area contributed by atoms with Crippen LogP contribution in [0.15, 0.2) is 12.4 Å². The third kappa shape index (κ3) is 3.49. The van der Waals surface area contributed by atoms with Crippen molar-refractivity contribution in [3.05, 3.63) is 12.4 Å². The second-order valence-electron chi connectivity index (χ2n) is 4.97. The molecule has 0 unspecified atom stereocenters. The lowest BCUT2D eigenvalue weighted by Crippen LogP contribution is -2.44. The molecular weight excluding hydrogens is 260 g/mol. The van der Waals surface area contributed by atoms with Crippen LogP contribution in [0.5, 0.6) is 0 Å².